The van der Waals surface area contributed by atoms with Crippen LogP contribution in [0.3, 0.4) is 0 Å². The van der Waals surface area contributed by atoms with Gasteiger partial charge >= 0.3 is 0 Å². The molecule has 2 atom stereocenters. The minimum absolute atomic E-state index is 0.392. The van der Waals surface area contributed by atoms with Crippen LogP contribution in [0.1, 0.15) is 37.7 Å². The maximum Gasteiger partial charge on any atom is 0.225 e. The lowest BCUT2D eigenvalue weighted by molar-refractivity contribution is -0.0968. The molecule has 1 aromatic heterocycles. The SMILES string of the molecule is CN1CCN(c2ncc(CN3CCC4(O)CCCCC4C3)cn2)CC1. The molecule has 138 valence electrons. The van der Waals surface area contributed by atoms with Gasteiger partial charge in [-0.2, -0.15) is 0 Å². The lowest BCUT2D eigenvalue weighted by Gasteiger charge is -2.47. The molecule has 2 saturated heterocycles. The fraction of sp³-hybridized carbons (Fsp3) is 0.789. The highest BCUT2D eigenvalue weighted by Gasteiger charge is 2.42. The number of piperazine rings is 1. The molecule has 25 heavy (non-hydrogen) atoms. The topological polar surface area (TPSA) is 55.7 Å². The molecule has 0 amide bonds. The molecule has 3 heterocycles. The molecule has 0 aromatic carbocycles. The number of nitrogens with zero attached hydrogens (tertiary/aromatic N) is 5. The number of likely N-dealkylation sites (tertiary alicyclic amines) is 1. The Labute approximate surface area is 150 Å². The highest BCUT2D eigenvalue weighted by Crippen LogP contribution is 2.39. The van der Waals surface area contributed by atoms with E-state index in [1.165, 1.54) is 24.8 Å². The summed E-state index contributed by atoms with van der Waals surface area (Å²) in [6.07, 6.45) is 9.51. The fourth-order valence-electron chi connectivity index (χ4n) is 4.64. The fourth-order valence-corrected chi connectivity index (χ4v) is 4.64. The van der Waals surface area contributed by atoms with Crippen LogP contribution < -0.4 is 4.90 Å². The summed E-state index contributed by atoms with van der Waals surface area (Å²) in [4.78, 5) is 16.3. The van der Waals surface area contributed by atoms with Gasteiger partial charge in [-0.15, -0.1) is 0 Å². The third kappa shape index (κ3) is 3.81. The first-order valence-electron chi connectivity index (χ1n) is 9.81. The lowest BCUT2D eigenvalue weighted by atomic mass is 9.71. The third-order valence-electron chi connectivity index (χ3n) is 6.40. The van der Waals surface area contributed by atoms with Crippen LogP contribution in [0.5, 0.6) is 0 Å². The first-order valence-corrected chi connectivity index (χ1v) is 9.81. The van der Waals surface area contributed by atoms with Gasteiger partial charge in [0.2, 0.25) is 5.95 Å². The number of piperidine rings is 1. The van der Waals surface area contributed by atoms with Crippen molar-refractivity contribution < 1.29 is 5.11 Å². The second-order valence-electron chi connectivity index (χ2n) is 8.21. The van der Waals surface area contributed by atoms with Crippen molar-refractivity contribution in [3.05, 3.63) is 18.0 Å². The number of fused-ring (bicyclic) bond motifs is 1. The number of likely N-dealkylation sites (N-methyl/N-ethyl adjacent to an activating group) is 1. The first kappa shape index (κ1) is 17.2. The van der Waals surface area contributed by atoms with Gasteiger partial charge in [-0.05, 0) is 26.3 Å². The minimum Gasteiger partial charge on any atom is -0.390 e. The predicted molar refractivity (Wildman–Crippen MR) is 98.5 cm³/mol. The van der Waals surface area contributed by atoms with Gasteiger partial charge in [0, 0.05) is 69.7 Å². The van der Waals surface area contributed by atoms with Gasteiger partial charge in [0.25, 0.3) is 0 Å². The molecule has 1 N–H and O–H groups in total. The van der Waals surface area contributed by atoms with Crippen molar-refractivity contribution >= 4 is 5.95 Å². The van der Waals surface area contributed by atoms with E-state index >= 15 is 0 Å². The number of hydrogen-bond acceptors (Lipinski definition) is 6. The van der Waals surface area contributed by atoms with E-state index in [1.807, 2.05) is 12.4 Å². The zero-order chi connectivity index (χ0) is 17.3. The second kappa shape index (κ2) is 7.17. The smallest absolute Gasteiger partial charge is 0.225 e. The molecule has 0 radical (unpaired) electrons. The van der Waals surface area contributed by atoms with Crippen LogP contribution in [0.25, 0.3) is 0 Å². The Morgan fingerprint density at radius 3 is 2.60 bits per heavy atom. The summed E-state index contributed by atoms with van der Waals surface area (Å²) >= 11 is 0. The molecule has 0 spiro atoms. The van der Waals surface area contributed by atoms with Crippen molar-refractivity contribution in [1.29, 1.82) is 0 Å². The highest BCUT2D eigenvalue weighted by molar-refractivity contribution is 5.30. The van der Waals surface area contributed by atoms with Gasteiger partial charge in [0.05, 0.1) is 5.60 Å². The molecule has 2 unspecified atom stereocenters. The average Bonchev–Trinajstić information content (AvgIpc) is 2.63. The van der Waals surface area contributed by atoms with Crippen molar-refractivity contribution in [2.45, 2.75) is 44.2 Å². The van der Waals surface area contributed by atoms with E-state index in [0.29, 0.717) is 5.92 Å². The third-order valence-corrected chi connectivity index (χ3v) is 6.40. The molecule has 1 aliphatic carbocycles. The number of aliphatic hydroxyl groups is 1. The monoisotopic (exact) mass is 345 g/mol. The zero-order valence-electron chi connectivity index (χ0n) is 15.4. The maximum atomic E-state index is 10.8. The van der Waals surface area contributed by atoms with Crippen molar-refractivity contribution in [1.82, 2.24) is 19.8 Å². The van der Waals surface area contributed by atoms with Crippen LogP contribution in [0, 0.1) is 5.92 Å². The van der Waals surface area contributed by atoms with E-state index in [-0.39, 0.29) is 0 Å². The Balaban J connectivity index is 1.34. The lowest BCUT2D eigenvalue weighted by Crippen LogP contribution is -2.52. The highest BCUT2D eigenvalue weighted by atomic mass is 16.3. The van der Waals surface area contributed by atoms with Crippen LogP contribution in [-0.4, -0.2) is 76.8 Å². The van der Waals surface area contributed by atoms with Crippen molar-refractivity contribution in [2.24, 2.45) is 5.92 Å². The summed E-state index contributed by atoms with van der Waals surface area (Å²) in [5.74, 6) is 1.30. The van der Waals surface area contributed by atoms with E-state index in [4.69, 9.17) is 0 Å². The predicted octanol–water partition coefficient (Wildman–Crippen LogP) is 1.36. The largest absolute Gasteiger partial charge is 0.390 e. The van der Waals surface area contributed by atoms with Crippen molar-refractivity contribution in [3.8, 4) is 0 Å². The van der Waals surface area contributed by atoms with Gasteiger partial charge < -0.3 is 14.9 Å². The Bertz CT molecular complexity index is 572. The maximum absolute atomic E-state index is 10.8. The summed E-state index contributed by atoms with van der Waals surface area (Å²) in [5.41, 5.74) is 0.787. The Hall–Kier alpha value is -1.24. The Kier molecular flexibility index (Phi) is 4.93. The van der Waals surface area contributed by atoms with E-state index in [0.717, 1.165) is 64.6 Å². The summed E-state index contributed by atoms with van der Waals surface area (Å²) in [6.45, 7) is 7.04. The van der Waals surface area contributed by atoms with E-state index in [9.17, 15) is 5.11 Å². The molecule has 6 heteroatoms. The molecule has 4 rings (SSSR count). The Morgan fingerprint density at radius 2 is 1.84 bits per heavy atom. The molecule has 0 bridgehead atoms. The average molecular weight is 345 g/mol. The van der Waals surface area contributed by atoms with Gasteiger partial charge in [-0.1, -0.05) is 12.8 Å². The number of aromatic nitrogens is 2. The molecule has 1 aromatic rings. The standard InChI is InChI=1S/C19H31N5O/c1-22-8-10-24(11-9-22)18-20-12-16(13-21-18)14-23-7-6-19(25)5-3-2-4-17(19)15-23/h12-13,17,25H,2-11,14-15H2,1H3. The van der Waals surface area contributed by atoms with Crippen LogP contribution in [0.2, 0.25) is 0 Å². The molecular formula is C19H31N5O. The van der Waals surface area contributed by atoms with E-state index in [2.05, 4.69) is 31.7 Å². The van der Waals surface area contributed by atoms with Crippen LogP contribution in [0.4, 0.5) is 5.95 Å². The number of rotatable bonds is 3. The first-order chi connectivity index (χ1) is 12.1. The molecule has 3 fully saturated rings. The van der Waals surface area contributed by atoms with Gasteiger partial charge in [0.15, 0.2) is 0 Å². The van der Waals surface area contributed by atoms with Crippen molar-refractivity contribution in [2.75, 3.05) is 51.2 Å². The summed E-state index contributed by atoms with van der Waals surface area (Å²) < 4.78 is 0. The summed E-state index contributed by atoms with van der Waals surface area (Å²) in [5, 5.41) is 10.8. The van der Waals surface area contributed by atoms with E-state index in [1.54, 1.807) is 0 Å². The van der Waals surface area contributed by atoms with E-state index < -0.39 is 5.60 Å². The molecule has 3 aliphatic rings. The minimum atomic E-state index is -0.392. The quantitative estimate of drug-likeness (QED) is 0.893. The number of hydrogen-bond donors (Lipinski definition) is 1. The van der Waals surface area contributed by atoms with Gasteiger partial charge in [0.1, 0.15) is 0 Å². The normalized spacial score (nSPS) is 31.8. The molecule has 1 saturated carbocycles. The van der Waals surface area contributed by atoms with Crippen molar-refractivity contribution in [3.63, 3.8) is 0 Å². The molecule has 2 aliphatic heterocycles. The summed E-state index contributed by atoms with van der Waals surface area (Å²) in [6, 6.07) is 0. The van der Waals surface area contributed by atoms with Gasteiger partial charge in [-0.3, -0.25) is 4.90 Å². The Morgan fingerprint density at radius 1 is 1.08 bits per heavy atom. The second-order valence-corrected chi connectivity index (χ2v) is 8.21. The molecule has 6 nitrogen and oxygen atoms in total. The van der Waals surface area contributed by atoms with Crippen LogP contribution in [0.15, 0.2) is 12.4 Å². The van der Waals surface area contributed by atoms with Crippen LogP contribution >= 0.6 is 0 Å². The zero-order valence-corrected chi connectivity index (χ0v) is 15.4. The molecular weight excluding hydrogens is 314 g/mol. The van der Waals surface area contributed by atoms with Crippen LogP contribution in [-0.2, 0) is 6.54 Å². The van der Waals surface area contributed by atoms with Gasteiger partial charge in [-0.25, -0.2) is 9.97 Å². The number of anilines is 1. The summed E-state index contributed by atoms with van der Waals surface area (Å²) in [7, 11) is 2.16.